The van der Waals surface area contributed by atoms with Crippen molar-refractivity contribution in [1.29, 1.82) is 0 Å². The second kappa shape index (κ2) is 5.45. The Morgan fingerprint density at radius 2 is 1.91 bits per heavy atom. The van der Waals surface area contributed by atoms with Crippen LogP contribution in [0.3, 0.4) is 0 Å². The fraction of sp³-hybridized carbons (Fsp3) is 0.444. The van der Waals surface area contributed by atoms with Gasteiger partial charge in [0.15, 0.2) is 0 Å². The molecule has 0 radical (unpaired) electrons. The molecule has 2 aromatic rings. The minimum absolute atomic E-state index is 0.282. The number of rotatable bonds is 3. The second-order valence-corrected chi connectivity index (χ2v) is 6.27. The van der Waals surface area contributed by atoms with Crippen molar-refractivity contribution >= 4 is 0 Å². The van der Waals surface area contributed by atoms with Gasteiger partial charge in [-0.1, -0.05) is 12.1 Å². The average Bonchev–Trinajstić information content (AvgIpc) is 3.05. The van der Waals surface area contributed by atoms with Crippen LogP contribution in [0, 0.1) is 0 Å². The van der Waals surface area contributed by atoms with Gasteiger partial charge in [-0.05, 0) is 31.2 Å². The third kappa shape index (κ3) is 2.32. The molecule has 0 aliphatic carbocycles. The minimum atomic E-state index is -0.282. The van der Waals surface area contributed by atoms with E-state index in [-0.39, 0.29) is 5.60 Å². The van der Waals surface area contributed by atoms with Gasteiger partial charge in [-0.25, -0.2) is 0 Å². The van der Waals surface area contributed by atoms with Crippen LogP contribution in [0.1, 0.15) is 19.0 Å². The maximum Gasteiger partial charge on any atom is 0.148 e. The topological polar surface area (TPSA) is 26.6 Å². The van der Waals surface area contributed by atoms with E-state index in [2.05, 4.69) is 52.9 Å². The molecule has 1 fully saturated rings. The first kappa shape index (κ1) is 13.9. The summed E-state index contributed by atoms with van der Waals surface area (Å²) in [7, 11) is 0. The summed E-state index contributed by atoms with van der Waals surface area (Å²) >= 11 is 0. The maximum absolute atomic E-state index is 6.42. The van der Waals surface area contributed by atoms with Gasteiger partial charge >= 0.3 is 0 Å². The summed E-state index contributed by atoms with van der Waals surface area (Å²) in [6.45, 7) is 6.97. The summed E-state index contributed by atoms with van der Waals surface area (Å²) in [6, 6.07) is 12.5. The smallest absolute Gasteiger partial charge is 0.148 e. The molecule has 0 saturated carbocycles. The molecule has 2 aliphatic rings. The lowest BCUT2D eigenvalue weighted by molar-refractivity contribution is 0.0116. The van der Waals surface area contributed by atoms with Gasteiger partial charge < -0.3 is 14.0 Å². The summed E-state index contributed by atoms with van der Waals surface area (Å²) in [5, 5.41) is 0. The monoisotopic (exact) mass is 298 g/mol. The summed E-state index contributed by atoms with van der Waals surface area (Å²) in [6.07, 6.45) is 3.11. The molecular weight excluding hydrogens is 276 g/mol. The highest BCUT2D eigenvalue weighted by molar-refractivity contribution is 5.51. The fourth-order valence-corrected chi connectivity index (χ4v) is 3.43. The number of aromatic nitrogens is 1. The van der Waals surface area contributed by atoms with Gasteiger partial charge in [0.1, 0.15) is 11.4 Å². The van der Waals surface area contributed by atoms with Gasteiger partial charge in [0.2, 0.25) is 0 Å². The van der Waals surface area contributed by atoms with Gasteiger partial charge in [-0.2, -0.15) is 0 Å². The predicted molar refractivity (Wildman–Crippen MR) is 85.6 cm³/mol. The number of ether oxygens (including phenoxy) is 2. The number of benzene rings is 1. The molecule has 4 nitrogen and oxygen atoms in total. The first-order valence-corrected chi connectivity index (χ1v) is 8.03. The summed E-state index contributed by atoms with van der Waals surface area (Å²) < 4.78 is 14.1. The minimum Gasteiger partial charge on any atom is -0.479 e. The number of morpholine rings is 1. The Kier molecular flexibility index (Phi) is 3.43. The predicted octanol–water partition coefficient (Wildman–Crippen LogP) is 2.81. The van der Waals surface area contributed by atoms with Crippen molar-refractivity contribution < 1.29 is 9.47 Å². The highest BCUT2D eigenvalue weighted by Crippen LogP contribution is 2.41. The fourth-order valence-electron chi connectivity index (χ4n) is 3.43. The molecule has 0 N–H and O–H groups in total. The maximum atomic E-state index is 6.42. The lowest BCUT2D eigenvalue weighted by Crippen LogP contribution is -2.42. The molecule has 1 atom stereocenters. The standard InChI is InChI=1S/C18H22N2O2/c1-18(8-10-19-11-13-21-14-12-19)17-7-4-9-20(17)15-5-2-3-6-16(15)22-18/h2-7,9H,8,10-14H2,1H3. The van der Waals surface area contributed by atoms with Crippen molar-refractivity contribution in [3.63, 3.8) is 0 Å². The van der Waals surface area contributed by atoms with Gasteiger partial charge in [0.25, 0.3) is 0 Å². The molecule has 1 aromatic heterocycles. The van der Waals surface area contributed by atoms with E-state index in [4.69, 9.17) is 9.47 Å². The molecule has 0 bridgehead atoms. The Hall–Kier alpha value is -1.78. The van der Waals surface area contributed by atoms with Gasteiger partial charge in [0, 0.05) is 32.3 Å². The van der Waals surface area contributed by atoms with E-state index in [0.29, 0.717) is 0 Å². The molecule has 0 amide bonds. The molecule has 116 valence electrons. The molecule has 1 unspecified atom stereocenters. The zero-order valence-corrected chi connectivity index (χ0v) is 13.0. The van der Waals surface area contributed by atoms with Gasteiger partial charge in [-0.15, -0.1) is 0 Å². The molecule has 22 heavy (non-hydrogen) atoms. The van der Waals surface area contributed by atoms with Crippen molar-refractivity contribution in [3.05, 3.63) is 48.3 Å². The van der Waals surface area contributed by atoms with E-state index in [1.165, 1.54) is 5.69 Å². The van der Waals surface area contributed by atoms with Crippen LogP contribution in [0.5, 0.6) is 5.75 Å². The van der Waals surface area contributed by atoms with Crippen molar-refractivity contribution in [1.82, 2.24) is 9.47 Å². The van der Waals surface area contributed by atoms with Crippen LogP contribution < -0.4 is 4.74 Å². The van der Waals surface area contributed by atoms with E-state index in [9.17, 15) is 0 Å². The van der Waals surface area contributed by atoms with E-state index in [0.717, 1.165) is 50.7 Å². The molecule has 4 rings (SSSR count). The Labute approximate surface area is 131 Å². The average molecular weight is 298 g/mol. The van der Waals surface area contributed by atoms with Crippen LogP contribution >= 0.6 is 0 Å². The highest BCUT2D eigenvalue weighted by Gasteiger charge is 2.37. The van der Waals surface area contributed by atoms with Crippen LogP contribution in [-0.4, -0.2) is 42.3 Å². The van der Waals surface area contributed by atoms with E-state index < -0.39 is 0 Å². The van der Waals surface area contributed by atoms with E-state index in [1.807, 2.05) is 6.07 Å². The van der Waals surface area contributed by atoms with Crippen molar-refractivity contribution in [2.45, 2.75) is 18.9 Å². The zero-order valence-electron chi connectivity index (χ0n) is 13.0. The molecule has 3 heterocycles. The van der Waals surface area contributed by atoms with Gasteiger partial charge in [0.05, 0.1) is 24.6 Å². The Balaban J connectivity index is 1.59. The number of fused-ring (bicyclic) bond motifs is 3. The lowest BCUT2D eigenvalue weighted by Gasteiger charge is -2.38. The van der Waals surface area contributed by atoms with Crippen LogP contribution in [0.25, 0.3) is 5.69 Å². The highest BCUT2D eigenvalue weighted by atomic mass is 16.5. The quantitative estimate of drug-likeness (QED) is 0.872. The molecule has 1 aromatic carbocycles. The van der Waals surface area contributed by atoms with Crippen molar-refractivity contribution in [2.24, 2.45) is 0 Å². The van der Waals surface area contributed by atoms with Gasteiger partial charge in [-0.3, -0.25) is 4.90 Å². The zero-order chi connectivity index (χ0) is 15.0. The lowest BCUT2D eigenvalue weighted by atomic mass is 9.95. The van der Waals surface area contributed by atoms with Crippen molar-refractivity contribution in [2.75, 3.05) is 32.8 Å². The first-order chi connectivity index (χ1) is 10.8. The summed E-state index contributed by atoms with van der Waals surface area (Å²) in [5.41, 5.74) is 2.08. The van der Waals surface area contributed by atoms with Crippen LogP contribution in [0.15, 0.2) is 42.6 Å². The Bertz CT molecular complexity index is 661. The third-order valence-electron chi connectivity index (χ3n) is 4.76. The van der Waals surface area contributed by atoms with E-state index in [1.54, 1.807) is 0 Å². The third-order valence-corrected chi connectivity index (χ3v) is 4.76. The largest absolute Gasteiger partial charge is 0.479 e. The molecule has 0 spiro atoms. The first-order valence-electron chi connectivity index (χ1n) is 8.03. The summed E-state index contributed by atoms with van der Waals surface area (Å²) in [5.74, 6) is 0.968. The number of hydrogen-bond acceptors (Lipinski definition) is 3. The molecule has 1 saturated heterocycles. The molecular formula is C18H22N2O2. The molecule has 2 aliphatic heterocycles. The number of hydrogen-bond donors (Lipinski definition) is 0. The number of para-hydroxylation sites is 2. The SMILES string of the molecule is CC1(CCN2CCOCC2)Oc2ccccc2-n2cccc21. The normalized spacial score (nSPS) is 24.4. The molecule has 4 heteroatoms. The second-order valence-electron chi connectivity index (χ2n) is 6.27. The number of nitrogens with zero attached hydrogens (tertiary/aromatic N) is 2. The Morgan fingerprint density at radius 3 is 2.77 bits per heavy atom. The van der Waals surface area contributed by atoms with Crippen LogP contribution in [0.2, 0.25) is 0 Å². The van der Waals surface area contributed by atoms with Crippen molar-refractivity contribution in [3.8, 4) is 11.4 Å². The Morgan fingerprint density at radius 1 is 1.09 bits per heavy atom. The van der Waals surface area contributed by atoms with E-state index >= 15 is 0 Å². The van der Waals surface area contributed by atoms with Crippen LogP contribution in [-0.2, 0) is 10.3 Å². The summed E-state index contributed by atoms with van der Waals surface area (Å²) in [4.78, 5) is 2.46. The van der Waals surface area contributed by atoms with Crippen LogP contribution in [0.4, 0.5) is 0 Å².